The monoisotopic (exact) mass is 284 g/mol. The highest BCUT2D eigenvalue weighted by molar-refractivity contribution is 5.87. The summed E-state index contributed by atoms with van der Waals surface area (Å²) < 4.78 is 3.76. The van der Waals surface area contributed by atoms with E-state index < -0.39 is 41.4 Å². The lowest BCUT2D eigenvalue weighted by molar-refractivity contribution is -0.0548. The summed E-state index contributed by atoms with van der Waals surface area (Å²) in [4.78, 5) is 21.3. The molecule has 3 heterocycles. The molecule has 4 N–H and O–H groups in total. The summed E-state index contributed by atoms with van der Waals surface area (Å²) in [7, 11) is 0. The fourth-order valence-corrected chi connectivity index (χ4v) is 2.34. The molecule has 108 valence electrons. The summed E-state index contributed by atoms with van der Waals surface area (Å²) in [6.07, 6.45) is -3.58. The Labute approximate surface area is 111 Å². The number of aromatic nitrogens is 2. The second-order valence-electron chi connectivity index (χ2n) is 4.59. The van der Waals surface area contributed by atoms with Crippen LogP contribution in [0, 0.1) is 5.21 Å². The fourth-order valence-electron chi connectivity index (χ4n) is 2.34. The number of nitrogens with one attached hydrogen (secondary N) is 1. The van der Waals surface area contributed by atoms with Crippen LogP contribution >= 0.6 is 0 Å². The van der Waals surface area contributed by atoms with E-state index in [1.165, 1.54) is 0 Å². The Morgan fingerprint density at radius 1 is 1.45 bits per heavy atom. The number of hydrogen-bond acceptors (Lipinski definition) is 8. The number of hydrogen-bond donors (Lipinski definition) is 4. The summed E-state index contributed by atoms with van der Waals surface area (Å²) in [6.45, 7) is -0.554. The fraction of sp³-hybridized carbons (Fsp3) is 0.500. The van der Waals surface area contributed by atoms with Crippen LogP contribution in [0.3, 0.4) is 0 Å². The highest BCUT2D eigenvalue weighted by Gasteiger charge is 2.53. The van der Waals surface area contributed by atoms with E-state index in [4.69, 9.17) is 9.84 Å². The van der Waals surface area contributed by atoms with Crippen molar-refractivity contribution >= 4 is 17.8 Å². The zero-order valence-electron chi connectivity index (χ0n) is 10.1. The van der Waals surface area contributed by atoms with Crippen molar-refractivity contribution in [3.8, 4) is 0 Å². The van der Waals surface area contributed by atoms with Crippen molar-refractivity contribution in [1.29, 1.82) is 0 Å². The van der Waals surface area contributed by atoms with E-state index >= 15 is 0 Å². The van der Waals surface area contributed by atoms with E-state index in [1.807, 2.05) is 0 Å². The van der Waals surface area contributed by atoms with Crippen molar-refractivity contribution in [3.05, 3.63) is 21.9 Å². The minimum atomic E-state index is -1.54. The number of aromatic amines is 1. The average molecular weight is 284 g/mol. The lowest BCUT2D eigenvalue weighted by atomic mass is 10.1. The largest absolute Gasteiger partial charge is 0.618 e. The van der Waals surface area contributed by atoms with Gasteiger partial charge in [-0.05, 0) is 0 Å². The third-order valence-electron chi connectivity index (χ3n) is 3.39. The number of aliphatic hydroxyl groups excluding tert-OH is 3. The Bertz CT molecular complexity index is 618. The number of rotatable bonds is 2. The first kappa shape index (κ1) is 13.3. The van der Waals surface area contributed by atoms with E-state index in [-0.39, 0.29) is 11.5 Å². The molecule has 0 radical (unpaired) electrons. The van der Waals surface area contributed by atoms with Gasteiger partial charge in [-0.15, -0.1) is 0 Å². The maximum atomic E-state index is 12.8. The molecule has 0 spiro atoms. The van der Waals surface area contributed by atoms with Gasteiger partial charge < -0.3 is 30.2 Å². The zero-order valence-corrected chi connectivity index (χ0v) is 10.1. The maximum absolute atomic E-state index is 12.8. The predicted molar refractivity (Wildman–Crippen MR) is 65.9 cm³/mol. The van der Waals surface area contributed by atoms with Crippen molar-refractivity contribution in [2.45, 2.75) is 24.5 Å². The van der Waals surface area contributed by atoms with Gasteiger partial charge in [0, 0.05) is 0 Å². The molecule has 0 aromatic carbocycles. The van der Waals surface area contributed by atoms with Crippen LogP contribution in [0.25, 0.3) is 0 Å². The van der Waals surface area contributed by atoms with Gasteiger partial charge in [-0.2, -0.15) is 9.98 Å². The van der Waals surface area contributed by atoms with Gasteiger partial charge in [0.15, 0.2) is 12.4 Å². The van der Waals surface area contributed by atoms with Crippen LogP contribution in [0.5, 0.6) is 0 Å². The first-order valence-electron chi connectivity index (χ1n) is 5.84. The lowest BCUT2D eigenvalue weighted by Crippen LogP contribution is -2.55. The Hall–Kier alpha value is -1.69. The number of hydroxylamine groups is 2. The highest BCUT2D eigenvalue weighted by atomic mass is 16.7. The van der Waals surface area contributed by atoms with Gasteiger partial charge in [0.2, 0.25) is 11.9 Å². The molecular weight excluding hydrogens is 272 g/mol. The molecule has 1 unspecified atom stereocenters. The third kappa shape index (κ3) is 1.64. The molecule has 0 bridgehead atoms. The van der Waals surface area contributed by atoms with Crippen molar-refractivity contribution < 1.29 is 20.1 Å². The quantitative estimate of drug-likeness (QED) is 0.351. The van der Waals surface area contributed by atoms with Crippen LogP contribution in [-0.4, -0.2) is 62.8 Å². The average Bonchev–Trinajstić information content (AvgIpc) is 2.92. The molecule has 1 saturated heterocycles. The first-order chi connectivity index (χ1) is 9.49. The SMILES string of the molecule is O=c1[nH]cnc2c1N=C[N+]2([O-])[C@@H]1O[C@H](CO)[C@@H](O)[C@H]1O. The van der Waals surface area contributed by atoms with E-state index in [1.54, 1.807) is 0 Å². The molecule has 0 amide bonds. The van der Waals surface area contributed by atoms with Crippen LogP contribution in [-0.2, 0) is 4.74 Å². The molecule has 2 aliphatic heterocycles. The highest BCUT2D eigenvalue weighted by Crippen LogP contribution is 2.38. The molecule has 0 aliphatic carbocycles. The van der Waals surface area contributed by atoms with Crippen molar-refractivity contribution in [1.82, 2.24) is 14.6 Å². The summed E-state index contributed by atoms with van der Waals surface area (Å²) in [6, 6.07) is 0. The molecule has 1 aromatic rings. The van der Waals surface area contributed by atoms with Crippen molar-refractivity contribution in [3.63, 3.8) is 0 Å². The smallest absolute Gasteiger partial charge is 0.283 e. The van der Waals surface area contributed by atoms with Crippen LogP contribution in [0.2, 0.25) is 0 Å². The molecule has 10 nitrogen and oxygen atoms in total. The molecular formula is C10H12N4O6. The number of aliphatic hydroxyl groups is 3. The molecule has 0 saturated carbocycles. The molecule has 2 aliphatic rings. The molecule has 1 aromatic heterocycles. The van der Waals surface area contributed by atoms with E-state index in [0.717, 1.165) is 12.7 Å². The Morgan fingerprint density at radius 2 is 2.20 bits per heavy atom. The molecule has 10 heteroatoms. The molecule has 5 atom stereocenters. The molecule has 1 fully saturated rings. The van der Waals surface area contributed by atoms with Gasteiger partial charge in [-0.3, -0.25) is 4.79 Å². The van der Waals surface area contributed by atoms with Crippen molar-refractivity contribution in [2.24, 2.45) is 4.99 Å². The van der Waals surface area contributed by atoms with Gasteiger partial charge in [0.1, 0.15) is 18.5 Å². The maximum Gasteiger partial charge on any atom is 0.283 e. The summed E-state index contributed by atoms with van der Waals surface area (Å²) in [5, 5.41) is 41.4. The van der Waals surface area contributed by atoms with Crippen LogP contribution < -0.4 is 10.2 Å². The number of nitrogens with zero attached hydrogens (tertiary/aromatic N) is 3. The van der Waals surface area contributed by atoms with Crippen LogP contribution in [0.15, 0.2) is 16.1 Å². The van der Waals surface area contributed by atoms with E-state index in [2.05, 4.69) is 15.0 Å². The second kappa shape index (κ2) is 4.41. The second-order valence-corrected chi connectivity index (χ2v) is 4.59. The number of ether oxygens (including phenoxy) is 1. The lowest BCUT2D eigenvalue weighted by Gasteiger charge is -2.38. The summed E-state index contributed by atoms with van der Waals surface area (Å²) in [5.74, 6) is -0.233. The normalized spacial score (nSPS) is 39.2. The Morgan fingerprint density at radius 3 is 2.85 bits per heavy atom. The molecule has 3 rings (SSSR count). The number of H-pyrrole nitrogens is 1. The van der Waals surface area contributed by atoms with E-state index in [9.17, 15) is 20.2 Å². The van der Waals surface area contributed by atoms with Crippen LogP contribution in [0.4, 0.5) is 11.5 Å². The van der Waals surface area contributed by atoms with Crippen molar-refractivity contribution in [2.75, 3.05) is 6.61 Å². The number of fused-ring (bicyclic) bond motifs is 1. The van der Waals surface area contributed by atoms with E-state index in [0.29, 0.717) is 0 Å². The number of aliphatic imine (C=N–C) groups is 1. The topological polar surface area (TPSA) is 151 Å². The van der Waals surface area contributed by atoms with Gasteiger partial charge >= 0.3 is 0 Å². The van der Waals surface area contributed by atoms with Gasteiger partial charge in [-0.1, -0.05) is 0 Å². The third-order valence-corrected chi connectivity index (χ3v) is 3.39. The minimum absolute atomic E-state index is 0.166. The summed E-state index contributed by atoms with van der Waals surface area (Å²) >= 11 is 0. The first-order valence-corrected chi connectivity index (χ1v) is 5.84. The van der Waals surface area contributed by atoms with Gasteiger partial charge in [-0.25, -0.2) is 4.65 Å². The standard InChI is InChI=1S/C10H12N4O6/c15-1-4-6(16)7(17)10(20-4)14(19)3-13-5-8(14)11-2-12-9(5)18/h2-4,6-7,10,15-17H,1H2,(H,11,12,18)/t4-,6-,7-,10-,14?/m1/s1. The Kier molecular flexibility index (Phi) is 2.93. The number of quaternary nitrogens is 1. The summed E-state index contributed by atoms with van der Waals surface area (Å²) in [5.41, 5.74) is -0.755. The van der Waals surface area contributed by atoms with Gasteiger partial charge in [0.05, 0.1) is 6.61 Å². The Balaban J connectivity index is 2.03. The van der Waals surface area contributed by atoms with Gasteiger partial charge in [0.25, 0.3) is 11.4 Å². The zero-order chi connectivity index (χ0) is 14.5. The minimum Gasteiger partial charge on any atom is -0.618 e. The molecule has 20 heavy (non-hydrogen) atoms. The predicted octanol–water partition coefficient (Wildman–Crippen LogP) is -2.31. The van der Waals surface area contributed by atoms with Crippen LogP contribution in [0.1, 0.15) is 0 Å².